The molecule has 0 saturated carbocycles. The standard InChI is InChI=1S/C11H15BrS/c1-2-3-4-9-13-11-7-5-10(12)6-8-11/h5-8H,2-4,9H2,1H3. The molecule has 0 saturated heterocycles. The van der Waals surface area contributed by atoms with E-state index in [0.717, 1.165) is 4.47 Å². The minimum atomic E-state index is 1.16. The monoisotopic (exact) mass is 258 g/mol. The van der Waals surface area contributed by atoms with Crippen LogP contribution in [0.4, 0.5) is 0 Å². The quantitative estimate of drug-likeness (QED) is 0.544. The lowest BCUT2D eigenvalue weighted by molar-refractivity contribution is 0.778. The minimum Gasteiger partial charge on any atom is -0.126 e. The highest BCUT2D eigenvalue weighted by Crippen LogP contribution is 2.21. The van der Waals surface area contributed by atoms with E-state index in [2.05, 4.69) is 47.1 Å². The van der Waals surface area contributed by atoms with Crippen LogP contribution in [-0.4, -0.2) is 5.75 Å². The molecular formula is C11H15BrS. The van der Waals surface area contributed by atoms with E-state index in [9.17, 15) is 0 Å². The number of benzene rings is 1. The molecule has 0 radical (unpaired) electrons. The second kappa shape index (κ2) is 6.50. The average molecular weight is 259 g/mol. The zero-order chi connectivity index (χ0) is 9.52. The summed E-state index contributed by atoms with van der Waals surface area (Å²) in [6.07, 6.45) is 3.99. The van der Waals surface area contributed by atoms with Crippen molar-refractivity contribution in [1.82, 2.24) is 0 Å². The van der Waals surface area contributed by atoms with Gasteiger partial charge in [0, 0.05) is 9.37 Å². The SMILES string of the molecule is CCCCCSc1ccc(Br)cc1. The second-order valence-electron chi connectivity index (χ2n) is 3.01. The Morgan fingerprint density at radius 2 is 1.85 bits per heavy atom. The van der Waals surface area contributed by atoms with E-state index in [0.29, 0.717) is 0 Å². The Morgan fingerprint density at radius 3 is 2.46 bits per heavy atom. The van der Waals surface area contributed by atoms with Crippen LogP contribution < -0.4 is 0 Å². The molecule has 72 valence electrons. The van der Waals surface area contributed by atoms with Gasteiger partial charge in [-0.2, -0.15) is 0 Å². The van der Waals surface area contributed by atoms with E-state index in [4.69, 9.17) is 0 Å². The number of rotatable bonds is 5. The summed E-state index contributed by atoms with van der Waals surface area (Å²) in [7, 11) is 0. The summed E-state index contributed by atoms with van der Waals surface area (Å²) in [6.45, 7) is 2.24. The van der Waals surface area contributed by atoms with Gasteiger partial charge >= 0.3 is 0 Å². The second-order valence-corrected chi connectivity index (χ2v) is 5.09. The van der Waals surface area contributed by atoms with Crippen molar-refractivity contribution in [3.63, 3.8) is 0 Å². The number of thioether (sulfide) groups is 1. The van der Waals surface area contributed by atoms with Crippen LogP contribution in [0.5, 0.6) is 0 Å². The highest BCUT2D eigenvalue weighted by Gasteiger charge is 1.93. The molecule has 2 heteroatoms. The van der Waals surface area contributed by atoms with E-state index in [1.165, 1.54) is 29.9 Å². The predicted octanol–water partition coefficient (Wildman–Crippen LogP) is 4.73. The van der Waals surface area contributed by atoms with Crippen molar-refractivity contribution in [2.45, 2.75) is 31.1 Å². The van der Waals surface area contributed by atoms with Crippen LogP contribution in [-0.2, 0) is 0 Å². The maximum Gasteiger partial charge on any atom is 0.0176 e. The van der Waals surface area contributed by atoms with Gasteiger partial charge in [-0.25, -0.2) is 0 Å². The van der Waals surface area contributed by atoms with Crippen LogP contribution in [0.1, 0.15) is 26.2 Å². The first-order valence-electron chi connectivity index (χ1n) is 4.71. The summed E-state index contributed by atoms with van der Waals surface area (Å²) >= 11 is 5.38. The van der Waals surface area contributed by atoms with Crippen LogP contribution in [0.2, 0.25) is 0 Å². The normalized spacial score (nSPS) is 10.3. The number of unbranched alkanes of at least 4 members (excludes halogenated alkanes) is 2. The lowest BCUT2D eigenvalue weighted by Gasteiger charge is -2.00. The maximum atomic E-state index is 3.43. The highest BCUT2D eigenvalue weighted by atomic mass is 79.9. The van der Waals surface area contributed by atoms with Crippen LogP contribution in [0.25, 0.3) is 0 Å². The van der Waals surface area contributed by atoms with Gasteiger partial charge in [0.1, 0.15) is 0 Å². The zero-order valence-electron chi connectivity index (χ0n) is 7.92. The first kappa shape index (κ1) is 11.1. The Hall–Kier alpha value is 0.0500. The Bertz CT molecular complexity index is 230. The Balaban J connectivity index is 2.25. The molecule has 0 spiro atoms. The van der Waals surface area contributed by atoms with Gasteiger partial charge in [-0.15, -0.1) is 11.8 Å². The number of halogens is 1. The van der Waals surface area contributed by atoms with Crippen LogP contribution in [0.15, 0.2) is 33.6 Å². The highest BCUT2D eigenvalue weighted by molar-refractivity contribution is 9.10. The van der Waals surface area contributed by atoms with Crippen LogP contribution in [0, 0.1) is 0 Å². The molecule has 0 N–H and O–H groups in total. The molecule has 0 heterocycles. The Kier molecular flexibility index (Phi) is 5.56. The molecule has 0 aliphatic rings. The molecule has 0 atom stereocenters. The first-order chi connectivity index (χ1) is 6.33. The first-order valence-corrected chi connectivity index (χ1v) is 6.49. The van der Waals surface area contributed by atoms with Crippen LogP contribution >= 0.6 is 27.7 Å². The van der Waals surface area contributed by atoms with Crippen molar-refractivity contribution in [3.05, 3.63) is 28.7 Å². The van der Waals surface area contributed by atoms with Crippen molar-refractivity contribution < 1.29 is 0 Å². The molecule has 0 amide bonds. The van der Waals surface area contributed by atoms with Crippen molar-refractivity contribution in [2.75, 3.05) is 5.75 Å². The summed E-state index contributed by atoms with van der Waals surface area (Å²) in [4.78, 5) is 1.37. The largest absolute Gasteiger partial charge is 0.126 e. The van der Waals surface area contributed by atoms with E-state index in [-0.39, 0.29) is 0 Å². The number of hydrogen-bond acceptors (Lipinski definition) is 1. The fourth-order valence-corrected chi connectivity index (χ4v) is 2.25. The Labute approximate surface area is 93.2 Å². The molecule has 0 fully saturated rings. The summed E-state index contributed by atoms with van der Waals surface area (Å²) in [5.41, 5.74) is 0. The molecule has 1 aromatic rings. The molecule has 1 aromatic carbocycles. The maximum absolute atomic E-state index is 3.43. The molecule has 13 heavy (non-hydrogen) atoms. The molecule has 1 rings (SSSR count). The minimum absolute atomic E-state index is 1.16. The van der Waals surface area contributed by atoms with Crippen LogP contribution in [0.3, 0.4) is 0 Å². The van der Waals surface area contributed by atoms with Gasteiger partial charge < -0.3 is 0 Å². The molecule has 0 aromatic heterocycles. The molecule has 0 aliphatic carbocycles. The third-order valence-corrected chi connectivity index (χ3v) is 3.46. The third kappa shape index (κ3) is 4.72. The van der Waals surface area contributed by atoms with E-state index in [1.54, 1.807) is 0 Å². The average Bonchev–Trinajstić information content (AvgIpc) is 2.15. The van der Waals surface area contributed by atoms with E-state index < -0.39 is 0 Å². The zero-order valence-corrected chi connectivity index (χ0v) is 10.3. The van der Waals surface area contributed by atoms with Gasteiger partial charge in [0.15, 0.2) is 0 Å². The summed E-state index contributed by atoms with van der Waals surface area (Å²) < 4.78 is 1.16. The smallest absolute Gasteiger partial charge is 0.0176 e. The third-order valence-electron chi connectivity index (χ3n) is 1.83. The lowest BCUT2D eigenvalue weighted by atomic mass is 10.3. The fraction of sp³-hybridized carbons (Fsp3) is 0.455. The summed E-state index contributed by atoms with van der Waals surface area (Å²) in [5, 5.41) is 0. The van der Waals surface area contributed by atoms with Crippen molar-refractivity contribution in [1.29, 1.82) is 0 Å². The van der Waals surface area contributed by atoms with Gasteiger partial charge in [0.2, 0.25) is 0 Å². The summed E-state index contributed by atoms with van der Waals surface area (Å²) in [5.74, 6) is 1.25. The van der Waals surface area contributed by atoms with Crippen molar-refractivity contribution >= 4 is 27.7 Å². The number of hydrogen-bond donors (Lipinski definition) is 0. The van der Waals surface area contributed by atoms with Gasteiger partial charge in [0.05, 0.1) is 0 Å². The molecule has 0 bridgehead atoms. The van der Waals surface area contributed by atoms with Gasteiger partial charge in [-0.05, 0) is 36.4 Å². The Morgan fingerprint density at radius 1 is 1.15 bits per heavy atom. The summed E-state index contributed by atoms with van der Waals surface area (Å²) in [6, 6.07) is 8.53. The van der Waals surface area contributed by atoms with Crippen molar-refractivity contribution in [3.8, 4) is 0 Å². The van der Waals surface area contributed by atoms with Gasteiger partial charge in [-0.1, -0.05) is 35.7 Å². The lowest BCUT2D eigenvalue weighted by Crippen LogP contribution is -1.79. The van der Waals surface area contributed by atoms with Gasteiger partial charge in [0.25, 0.3) is 0 Å². The topological polar surface area (TPSA) is 0 Å². The van der Waals surface area contributed by atoms with Gasteiger partial charge in [-0.3, -0.25) is 0 Å². The fourth-order valence-electron chi connectivity index (χ4n) is 1.07. The molecule has 0 unspecified atom stereocenters. The van der Waals surface area contributed by atoms with Crippen molar-refractivity contribution in [2.24, 2.45) is 0 Å². The molecule has 0 aliphatic heterocycles. The van der Waals surface area contributed by atoms with E-state index in [1.807, 2.05) is 11.8 Å². The molecule has 0 nitrogen and oxygen atoms in total. The molecular weight excluding hydrogens is 244 g/mol. The predicted molar refractivity (Wildman–Crippen MR) is 64.4 cm³/mol. The van der Waals surface area contributed by atoms with E-state index >= 15 is 0 Å².